The molecule has 0 radical (unpaired) electrons. The summed E-state index contributed by atoms with van der Waals surface area (Å²) in [6.07, 6.45) is 5.74. The van der Waals surface area contributed by atoms with Crippen LogP contribution in [0.15, 0.2) is 78.0 Å². The third-order valence-electron chi connectivity index (χ3n) is 7.01. The van der Waals surface area contributed by atoms with Crippen molar-refractivity contribution in [3.8, 4) is 28.5 Å². The number of halogens is 2. The van der Waals surface area contributed by atoms with Gasteiger partial charge in [-0.1, -0.05) is 31.2 Å². The van der Waals surface area contributed by atoms with Crippen LogP contribution in [0.2, 0.25) is 0 Å². The van der Waals surface area contributed by atoms with E-state index in [4.69, 9.17) is 0 Å². The molecular formula is C31H29F2N5O2. The van der Waals surface area contributed by atoms with Crippen LogP contribution in [-0.4, -0.2) is 29.4 Å². The summed E-state index contributed by atoms with van der Waals surface area (Å²) in [6, 6.07) is 13.8. The lowest BCUT2D eigenvalue weighted by atomic mass is 9.99. The number of rotatable bonds is 8. The SMILES string of the molecule is CC[C@@H](c1cc(F)cc(F)c1)n1c(-c2ccn(CC)n2)nc(O)c(Cc2ccc(-c3ccncc3C)cc2)c1=O. The average Bonchev–Trinajstić information content (AvgIpc) is 3.42. The lowest BCUT2D eigenvalue weighted by Crippen LogP contribution is -2.31. The lowest BCUT2D eigenvalue weighted by Gasteiger charge is -2.23. The zero-order valence-electron chi connectivity index (χ0n) is 22.5. The van der Waals surface area contributed by atoms with Crippen LogP contribution >= 0.6 is 0 Å². The van der Waals surface area contributed by atoms with Gasteiger partial charge < -0.3 is 5.11 Å². The standard InChI is InChI=1S/C31H29F2N5O2/c1-4-28(22-15-23(32)17-24(33)16-22)38-29(27-11-13-37(5-2)36-27)35-30(39)26(31(38)40)14-20-6-8-21(9-7-20)25-10-12-34-18-19(25)3/h6-13,15-18,28,39H,4-5,14H2,1-3H3/t28-/m0/s1. The van der Waals surface area contributed by atoms with Gasteiger partial charge in [0.15, 0.2) is 5.82 Å². The van der Waals surface area contributed by atoms with Crippen LogP contribution in [0.3, 0.4) is 0 Å². The Morgan fingerprint density at radius 3 is 2.35 bits per heavy atom. The molecule has 5 rings (SSSR count). The molecule has 0 aliphatic rings. The minimum atomic E-state index is -0.747. The van der Waals surface area contributed by atoms with Gasteiger partial charge in [-0.3, -0.25) is 19.0 Å². The number of aromatic hydroxyl groups is 1. The summed E-state index contributed by atoms with van der Waals surface area (Å²) < 4.78 is 31.5. The van der Waals surface area contributed by atoms with Crippen LogP contribution in [0.5, 0.6) is 5.88 Å². The fraction of sp³-hybridized carbons (Fsp3) is 0.226. The number of benzene rings is 2. The topological polar surface area (TPSA) is 85.8 Å². The first kappa shape index (κ1) is 26.9. The number of nitrogens with zero attached hydrogens (tertiary/aromatic N) is 5. The van der Waals surface area contributed by atoms with Crippen molar-refractivity contribution in [2.24, 2.45) is 0 Å². The second-order valence-electron chi connectivity index (χ2n) is 9.66. The monoisotopic (exact) mass is 541 g/mol. The van der Waals surface area contributed by atoms with Crippen LogP contribution in [0.4, 0.5) is 8.78 Å². The fourth-order valence-corrected chi connectivity index (χ4v) is 4.98. The average molecular weight is 542 g/mol. The largest absolute Gasteiger partial charge is 0.493 e. The van der Waals surface area contributed by atoms with E-state index >= 15 is 0 Å². The molecule has 9 heteroatoms. The molecule has 0 unspecified atom stereocenters. The zero-order chi connectivity index (χ0) is 28.4. The van der Waals surface area contributed by atoms with Gasteiger partial charge in [-0.2, -0.15) is 10.1 Å². The molecule has 40 heavy (non-hydrogen) atoms. The summed E-state index contributed by atoms with van der Waals surface area (Å²) in [5, 5.41) is 15.5. The van der Waals surface area contributed by atoms with Crippen molar-refractivity contribution in [1.29, 1.82) is 0 Å². The molecule has 1 atom stereocenters. The molecule has 0 saturated carbocycles. The summed E-state index contributed by atoms with van der Waals surface area (Å²) in [5.74, 6) is -1.76. The highest BCUT2D eigenvalue weighted by Gasteiger charge is 2.25. The van der Waals surface area contributed by atoms with Crippen LogP contribution in [0.1, 0.15) is 48.6 Å². The maximum absolute atomic E-state index is 14.2. The summed E-state index contributed by atoms with van der Waals surface area (Å²) in [4.78, 5) is 22.6. The molecule has 0 bridgehead atoms. The summed E-state index contributed by atoms with van der Waals surface area (Å²) in [6.45, 7) is 6.32. The van der Waals surface area contributed by atoms with E-state index in [2.05, 4.69) is 15.1 Å². The van der Waals surface area contributed by atoms with Crippen molar-refractivity contribution in [2.45, 2.75) is 46.2 Å². The predicted octanol–water partition coefficient (Wildman–Crippen LogP) is 6.07. The number of aryl methyl sites for hydroxylation is 2. The highest BCUT2D eigenvalue weighted by atomic mass is 19.1. The molecule has 0 aliphatic heterocycles. The van der Waals surface area contributed by atoms with Gasteiger partial charge in [-0.15, -0.1) is 0 Å². The molecule has 1 N–H and O–H groups in total. The van der Waals surface area contributed by atoms with E-state index in [9.17, 15) is 18.7 Å². The second kappa shape index (κ2) is 11.2. The van der Waals surface area contributed by atoms with Gasteiger partial charge in [0.2, 0.25) is 5.88 Å². The molecule has 0 amide bonds. The van der Waals surface area contributed by atoms with Gasteiger partial charge in [0.1, 0.15) is 17.3 Å². The highest BCUT2D eigenvalue weighted by Crippen LogP contribution is 2.30. The van der Waals surface area contributed by atoms with Crippen LogP contribution in [0.25, 0.3) is 22.6 Å². The Balaban J connectivity index is 1.62. The van der Waals surface area contributed by atoms with Crippen molar-refractivity contribution < 1.29 is 13.9 Å². The van der Waals surface area contributed by atoms with E-state index in [1.807, 2.05) is 51.1 Å². The molecule has 2 aromatic carbocycles. The third kappa shape index (κ3) is 5.27. The molecule has 7 nitrogen and oxygen atoms in total. The van der Waals surface area contributed by atoms with Crippen LogP contribution < -0.4 is 5.56 Å². The first-order valence-corrected chi connectivity index (χ1v) is 13.1. The molecule has 3 heterocycles. The number of aromatic nitrogens is 5. The second-order valence-corrected chi connectivity index (χ2v) is 9.66. The molecule has 0 aliphatic carbocycles. The van der Waals surface area contributed by atoms with Crippen molar-refractivity contribution in [2.75, 3.05) is 0 Å². The van der Waals surface area contributed by atoms with E-state index in [0.717, 1.165) is 28.3 Å². The first-order chi connectivity index (χ1) is 19.3. The molecule has 3 aromatic heterocycles. The zero-order valence-corrected chi connectivity index (χ0v) is 22.5. The Morgan fingerprint density at radius 2 is 1.73 bits per heavy atom. The maximum Gasteiger partial charge on any atom is 0.261 e. The van der Waals surface area contributed by atoms with Gasteiger partial charge in [0.25, 0.3) is 5.56 Å². The molecule has 0 spiro atoms. The Kier molecular flexibility index (Phi) is 7.55. The van der Waals surface area contributed by atoms with Gasteiger partial charge in [-0.25, -0.2) is 8.78 Å². The quantitative estimate of drug-likeness (QED) is 0.258. The highest BCUT2D eigenvalue weighted by molar-refractivity contribution is 5.66. The Bertz CT molecular complexity index is 1710. The summed E-state index contributed by atoms with van der Waals surface area (Å²) >= 11 is 0. The Labute approximate surface area is 230 Å². The molecular weight excluding hydrogens is 512 g/mol. The third-order valence-corrected chi connectivity index (χ3v) is 7.01. The maximum atomic E-state index is 14.2. The number of hydrogen-bond acceptors (Lipinski definition) is 5. The van der Waals surface area contributed by atoms with E-state index in [1.54, 1.807) is 29.3 Å². The lowest BCUT2D eigenvalue weighted by molar-refractivity contribution is 0.433. The first-order valence-electron chi connectivity index (χ1n) is 13.1. The van der Waals surface area contributed by atoms with Crippen LogP contribution in [0, 0.1) is 18.6 Å². The molecule has 5 aromatic rings. The number of pyridine rings is 1. The fourth-order valence-electron chi connectivity index (χ4n) is 4.98. The van der Waals surface area contributed by atoms with Crippen molar-refractivity contribution in [3.05, 3.63) is 117 Å². The van der Waals surface area contributed by atoms with E-state index in [0.29, 0.717) is 18.7 Å². The Hall–Kier alpha value is -4.66. The van der Waals surface area contributed by atoms with Gasteiger partial charge in [0.05, 0.1) is 11.6 Å². The van der Waals surface area contributed by atoms with E-state index in [-0.39, 0.29) is 23.4 Å². The van der Waals surface area contributed by atoms with Crippen LogP contribution in [-0.2, 0) is 13.0 Å². The minimum absolute atomic E-state index is 0.0850. The predicted molar refractivity (Wildman–Crippen MR) is 149 cm³/mol. The van der Waals surface area contributed by atoms with E-state index in [1.165, 1.54) is 16.7 Å². The van der Waals surface area contributed by atoms with Crippen molar-refractivity contribution >= 4 is 0 Å². The smallest absolute Gasteiger partial charge is 0.261 e. The van der Waals surface area contributed by atoms with Gasteiger partial charge in [-0.05, 0) is 72.4 Å². The normalized spacial score (nSPS) is 12.0. The summed E-state index contributed by atoms with van der Waals surface area (Å²) in [5.41, 5.74) is 4.13. The molecule has 0 fully saturated rings. The summed E-state index contributed by atoms with van der Waals surface area (Å²) in [7, 11) is 0. The van der Waals surface area contributed by atoms with Crippen molar-refractivity contribution in [3.63, 3.8) is 0 Å². The molecule has 204 valence electrons. The van der Waals surface area contributed by atoms with Gasteiger partial charge in [0, 0.05) is 37.6 Å². The molecule has 0 saturated heterocycles. The number of hydrogen-bond donors (Lipinski definition) is 1. The Morgan fingerprint density at radius 1 is 1.00 bits per heavy atom. The minimum Gasteiger partial charge on any atom is -0.493 e. The van der Waals surface area contributed by atoms with Crippen molar-refractivity contribution in [1.82, 2.24) is 24.3 Å². The van der Waals surface area contributed by atoms with E-state index < -0.39 is 29.1 Å². The van der Waals surface area contributed by atoms with Gasteiger partial charge >= 0.3 is 0 Å².